The predicted molar refractivity (Wildman–Crippen MR) is 116 cm³/mol. The molecule has 160 valence electrons. The number of pyridine rings is 1. The first-order chi connectivity index (χ1) is 15.1. The van der Waals surface area contributed by atoms with E-state index >= 15 is 0 Å². The van der Waals surface area contributed by atoms with Gasteiger partial charge in [0, 0.05) is 32.2 Å². The first-order valence-corrected chi connectivity index (χ1v) is 11.1. The van der Waals surface area contributed by atoms with Gasteiger partial charge in [-0.3, -0.25) is 14.8 Å². The predicted octanol–water partition coefficient (Wildman–Crippen LogP) is 3.49. The number of aromatic nitrogens is 1. The molecule has 6 nitrogen and oxygen atoms in total. The maximum atomic E-state index is 13.8. The Bertz CT molecular complexity index is 1070. The maximum absolute atomic E-state index is 13.8. The van der Waals surface area contributed by atoms with Gasteiger partial charge >= 0.3 is 0 Å². The van der Waals surface area contributed by atoms with Gasteiger partial charge in [0.2, 0.25) is 5.91 Å². The number of benzene rings is 1. The summed E-state index contributed by atoms with van der Waals surface area (Å²) in [5, 5.41) is 0. The minimum atomic E-state index is -0.787. The third-order valence-electron chi connectivity index (χ3n) is 7.96. The molecule has 4 aliphatic rings. The molecule has 0 N–H and O–H groups in total. The van der Waals surface area contributed by atoms with Gasteiger partial charge in [-0.2, -0.15) is 0 Å². The van der Waals surface area contributed by atoms with Crippen LogP contribution < -0.4 is 0 Å². The summed E-state index contributed by atoms with van der Waals surface area (Å²) in [6, 6.07) is 14.5. The van der Waals surface area contributed by atoms with Gasteiger partial charge in [0.1, 0.15) is 0 Å². The monoisotopic (exact) mass is 417 g/mol. The van der Waals surface area contributed by atoms with Crippen LogP contribution in [0.1, 0.15) is 48.7 Å². The average Bonchev–Trinajstić information content (AvgIpc) is 3.37. The summed E-state index contributed by atoms with van der Waals surface area (Å²) in [4.78, 5) is 25.3. The number of methoxy groups -OCH3 is 1. The summed E-state index contributed by atoms with van der Waals surface area (Å²) in [6.45, 7) is 3.28. The molecular weight excluding hydrogens is 390 g/mol. The van der Waals surface area contributed by atoms with Crippen molar-refractivity contribution in [1.82, 2.24) is 9.88 Å². The minimum absolute atomic E-state index is 0.100. The number of aliphatic imine (C=N–C) groups is 1. The summed E-state index contributed by atoms with van der Waals surface area (Å²) in [5.41, 5.74) is 3.59. The highest BCUT2D eigenvalue weighted by molar-refractivity contribution is 6.02. The second kappa shape index (κ2) is 6.71. The largest absolute Gasteiger partial charge is 0.383 e. The minimum Gasteiger partial charge on any atom is -0.383 e. The lowest BCUT2D eigenvalue weighted by molar-refractivity contribution is -0.151. The van der Waals surface area contributed by atoms with Crippen LogP contribution in [0.5, 0.6) is 0 Å². The van der Waals surface area contributed by atoms with Crippen LogP contribution in [0.25, 0.3) is 0 Å². The van der Waals surface area contributed by atoms with Crippen molar-refractivity contribution in [3.8, 4) is 0 Å². The smallest absolute Gasteiger partial charge is 0.229 e. The zero-order valence-corrected chi connectivity index (χ0v) is 18.0. The molecular formula is C25H27N3O3. The average molecular weight is 418 g/mol. The zero-order chi connectivity index (χ0) is 21.2. The Hall–Kier alpha value is -2.57. The van der Waals surface area contributed by atoms with Crippen LogP contribution in [0.15, 0.2) is 53.7 Å². The Balaban J connectivity index is 1.48. The molecule has 6 heteroatoms. The molecule has 1 aromatic carbocycles. The van der Waals surface area contributed by atoms with Crippen LogP contribution >= 0.6 is 0 Å². The third kappa shape index (κ3) is 2.55. The van der Waals surface area contributed by atoms with E-state index in [0.29, 0.717) is 19.6 Å². The van der Waals surface area contributed by atoms with E-state index in [1.807, 2.05) is 23.1 Å². The summed E-state index contributed by atoms with van der Waals surface area (Å²) >= 11 is 0. The topological polar surface area (TPSA) is 64.0 Å². The number of amides is 1. The van der Waals surface area contributed by atoms with Gasteiger partial charge in [0.15, 0.2) is 12.0 Å². The first kappa shape index (κ1) is 19.1. The van der Waals surface area contributed by atoms with Crippen LogP contribution in [0.3, 0.4) is 0 Å². The highest BCUT2D eigenvalue weighted by Crippen LogP contribution is 2.62. The molecule has 2 fully saturated rings. The molecule has 2 aromatic rings. The van der Waals surface area contributed by atoms with E-state index in [9.17, 15) is 4.79 Å². The van der Waals surface area contributed by atoms with E-state index in [4.69, 9.17) is 14.5 Å². The lowest BCUT2D eigenvalue weighted by Gasteiger charge is -2.39. The van der Waals surface area contributed by atoms with Crippen molar-refractivity contribution in [2.24, 2.45) is 16.3 Å². The van der Waals surface area contributed by atoms with Gasteiger partial charge in [-0.1, -0.05) is 37.3 Å². The van der Waals surface area contributed by atoms with Gasteiger partial charge < -0.3 is 14.4 Å². The normalized spacial score (nSPS) is 35.4. The van der Waals surface area contributed by atoms with Crippen molar-refractivity contribution >= 4 is 11.6 Å². The number of ether oxygens (including phenoxy) is 2. The molecule has 1 unspecified atom stereocenters. The maximum Gasteiger partial charge on any atom is 0.229 e. The summed E-state index contributed by atoms with van der Waals surface area (Å²) in [6.07, 6.45) is 3.67. The van der Waals surface area contributed by atoms with Crippen molar-refractivity contribution in [3.63, 3.8) is 0 Å². The molecule has 5 atom stereocenters. The van der Waals surface area contributed by atoms with Gasteiger partial charge in [-0.25, -0.2) is 0 Å². The van der Waals surface area contributed by atoms with Crippen LogP contribution in [0.2, 0.25) is 0 Å². The van der Waals surface area contributed by atoms with E-state index in [2.05, 4.69) is 36.2 Å². The van der Waals surface area contributed by atoms with Crippen LogP contribution in [-0.2, 0) is 20.7 Å². The zero-order valence-electron chi connectivity index (χ0n) is 18.0. The fraction of sp³-hybridized carbons (Fsp3) is 0.480. The first-order valence-electron chi connectivity index (χ1n) is 11.1. The standard InChI is InChI=1S/C25H27N3O3/c1-24-14-16-7-3-4-8-17(16)18(24)13-21-25(15-19(24)23(29)28(25)11-12-30-2)31-22(27-21)20-9-5-6-10-26-20/h3-10,18-19,22H,11-15H2,1-2H3/t18?,19-,22-,24+,25+/m1/s1. The highest BCUT2D eigenvalue weighted by Gasteiger charge is 2.67. The van der Waals surface area contributed by atoms with Crippen LogP contribution in [0, 0.1) is 11.3 Å². The van der Waals surface area contributed by atoms with E-state index in [-0.39, 0.29) is 23.2 Å². The van der Waals surface area contributed by atoms with Crippen molar-refractivity contribution in [3.05, 3.63) is 65.5 Å². The Kier molecular flexibility index (Phi) is 4.14. The summed E-state index contributed by atoms with van der Waals surface area (Å²) in [7, 11) is 1.67. The van der Waals surface area contributed by atoms with Gasteiger partial charge in [0.05, 0.1) is 18.0 Å². The van der Waals surface area contributed by atoms with Gasteiger partial charge in [0.25, 0.3) is 0 Å². The number of hydrogen-bond acceptors (Lipinski definition) is 5. The third-order valence-corrected chi connectivity index (χ3v) is 7.96. The molecule has 1 spiro atoms. The molecule has 3 heterocycles. The van der Waals surface area contributed by atoms with Crippen molar-refractivity contribution in [1.29, 1.82) is 0 Å². The second-order valence-electron chi connectivity index (χ2n) is 9.46. The van der Waals surface area contributed by atoms with Crippen molar-refractivity contribution < 1.29 is 14.3 Å². The Labute approximate surface area is 182 Å². The summed E-state index contributed by atoms with van der Waals surface area (Å²) < 4.78 is 12.0. The number of likely N-dealkylation sites (tertiary alicyclic amines) is 1. The fourth-order valence-electron chi connectivity index (χ4n) is 6.42. The SMILES string of the molecule is COCCN1C(=O)[C@H]2C[C@@]13O[C@H](c1ccccn1)N=C3CC1c3ccccc3C[C@@]12C. The number of rotatable bonds is 4. The van der Waals surface area contributed by atoms with E-state index < -0.39 is 12.0 Å². The van der Waals surface area contributed by atoms with E-state index in [1.54, 1.807) is 13.3 Å². The highest BCUT2D eigenvalue weighted by atomic mass is 16.6. The van der Waals surface area contributed by atoms with Crippen LogP contribution in [-0.4, -0.2) is 47.5 Å². The van der Waals surface area contributed by atoms with Crippen molar-refractivity contribution in [2.75, 3.05) is 20.3 Å². The quantitative estimate of drug-likeness (QED) is 0.764. The molecule has 2 aliphatic carbocycles. The number of carbonyl (C=O) groups excluding carboxylic acids is 1. The lowest BCUT2D eigenvalue weighted by atomic mass is 9.67. The number of hydrogen-bond donors (Lipinski definition) is 0. The fourth-order valence-corrected chi connectivity index (χ4v) is 6.42. The van der Waals surface area contributed by atoms with Crippen molar-refractivity contribution in [2.45, 2.75) is 44.1 Å². The van der Waals surface area contributed by atoms with Crippen LogP contribution in [0.4, 0.5) is 0 Å². The Morgan fingerprint density at radius 3 is 2.84 bits per heavy atom. The number of nitrogens with zero attached hydrogens (tertiary/aromatic N) is 3. The molecule has 31 heavy (non-hydrogen) atoms. The molecule has 1 amide bonds. The number of fused-ring (bicyclic) bond motifs is 5. The molecule has 1 saturated heterocycles. The molecule has 1 saturated carbocycles. The van der Waals surface area contributed by atoms with Gasteiger partial charge in [-0.15, -0.1) is 0 Å². The van der Waals surface area contributed by atoms with Gasteiger partial charge in [-0.05, 0) is 47.4 Å². The lowest BCUT2D eigenvalue weighted by Crippen LogP contribution is -2.54. The number of carbonyl (C=O) groups is 1. The summed E-state index contributed by atoms with van der Waals surface area (Å²) in [5.74, 6) is 0.345. The molecule has 1 aromatic heterocycles. The molecule has 0 radical (unpaired) electrons. The van der Waals surface area contributed by atoms with E-state index in [0.717, 1.165) is 24.2 Å². The second-order valence-corrected chi connectivity index (χ2v) is 9.46. The Morgan fingerprint density at radius 1 is 1.19 bits per heavy atom. The Morgan fingerprint density at radius 2 is 2.03 bits per heavy atom. The van der Waals surface area contributed by atoms with E-state index in [1.165, 1.54) is 11.1 Å². The molecule has 2 bridgehead atoms. The molecule has 6 rings (SSSR count). The molecule has 2 aliphatic heterocycles.